The number of hydrogen-bond acceptors (Lipinski definition) is 3. The second-order valence-corrected chi connectivity index (χ2v) is 8.04. The summed E-state index contributed by atoms with van der Waals surface area (Å²) in [6.45, 7) is 3.52. The second-order valence-electron chi connectivity index (χ2n) is 8.04. The molecule has 0 N–H and O–H groups in total. The first-order chi connectivity index (χ1) is 13.8. The summed E-state index contributed by atoms with van der Waals surface area (Å²) in [6.07, 6.45) is 8.45. The summed E-state index contributed by atoms with van der Waals surface area (Å²) in [5.74, 6) is 0.608. The van der Waals surface area contributed by atoms with E-state index in [0.717, 1.165) is 36.4 Å². The summed E-state index contributed by atoms with van der Waals surface area (Å²) in [4.78, 5) is 2.58. The molecule has 4 rings (SSSR count). The molecule has 1 saturated heterocycles. The van der Waals surface area contributed by atoms with E-state index in [4.69, 9.17) is 4.52 Å². The lowest BCUT2D eigenvalue weighted by atomic mass is 9.90. The molecule has 1 aliphatic rings. The van der Waals surface area contributed by atoms with Gasteiger partial charge in [0.15, 0.2) is 5.58 Å². The third kappa shape index (κ3) is 4.99. The van der Waals surface area contributed by atoms with E-state index in [0.29, 0.717) is 5.58 Å². The van der Waals surface area contributed by atoms with Crippen molar-refractivity contribution in [2.45, 2.75) is 44.9 Å². The van der Waals surface area contributed by atoms with E-state index in [1.807, 2.05) is 0 Å². The SMILES string of the molecule is Fc1ccc2c(CCCN3CCC(CCCc4ccccc4)CC3)noc2c1. The minimum absolute atomic E-state index is 0.276. The average molecular weight is 381 g/mol. The van der Waals surface area contributed by atoms with Crippen molar-refractivity contribution in [2.24, 2.45) is 5.92 Å². The van der Waals surface area contributed by atoms with E-state index in [-0.39, 0.29) is 5.82 Å². The van der Waals surface area contributed by atoms with Gasteiger partial charge < -0.3 is 9.42 Å². The number of aromatic nitrogens is 1. The first-order valence-electron chi connectivity index (χ1n) is 10.6. The van der Waals surface area contributed by atoms with Gasteiger partial charge >= 0.3 is 0 Å². The van der Waals surface area contributed by atoms with Gasteiger partial charge in [0.25, 0.3) is 0 Å². The maximum atomic E-state index is 13.2. The van der Waals surface area contributed by atoms with E-state index in [2.05, 4.69) is 40.4 Å². The highest BCUT2D eigenvalue weighted by Crippen LogP contribution is 2.24. The van der Waals surface area contributed by atoms with Crippen LogP contribution < -0.4 is 0 Å². The van der Waals surface area contributed by atoms with Crippen LogP contribution >= 0.6 is 0 Å². The van der Waals surface area contributed by atoms with Crippen LogP contribution in [-0.4, -0.2) is 29.7 Å². The molecule has 2 aromatic carbocycles. The summed E-state index contributed by atoms with van der Waals surface area (Å²) in [6, 6.07) is 15.5. The highest BCUT2D eigenvalue weighted by molar-refractivity contribution is 5.79. The van der Waals surface area contributed by atoms with Gasteiger partial charge in [0, 0.05) is 11.5 Å². The third-order valence-corrected chi connectivity index (χ3v) is 6.02. The zero-order valence-electron chi connectivity index (χ0n) is 16.4. The van der Waals surface area contributed by atoms with E-state index in [1.54, 1.807) is 6.07 Å². The van der Waals surface area contributed by atoms with Crippen molar-refractivity contribution >= 4 is 11.0 Å². The van der Waals surface area contributed by atoms with Crippen LogP contribution in [0.4, 0.5) is 4.39 Å². The van der Waals surface area contributed by atoms with E-state index in [9.17, 15) is 4.39 Å². The molecule has 0 atom stereocenters. The lowest BCUT2D eigenvalue weighted by molar-refractivity contribution is 0.176. The lowest BCUT2D eigenvalue weighted by Gasteiger charge is -2.32. The molecule has 3 aromatic rings. The number of nitrogens with zero attached hydrogens (tertiary/aromatic N) is 2. The number of likely N-dealkylation sites (tertiary alicyclic amines) is 1. The lowest BCUT2D eigenvalue weighted by Crippen LogP contribution is -2.34. The fraction of sp³-hybridized carbons (Fsp3) is 0.458. The molecule has 3 nitrogen and oxygen atoms in total. The van der Waals surface area contributed by atoms with Gasteiger partial charge in [-0.25, -0.2) is 4.39 Å². The fourth-order valence-electron chi connectivity index (χ4n) is 4.35. The van der Waals surface area contributed by atoms with Crippen molar-refractivity contribution in [3.8, 4) is 0 Å². The van der Waals surface area contributed by atoms with Gasteiger partial charge in [0.2, 0.25) is 0 Å². The molecule has 0 bridgehead atoms. The molecule has 1 aliphatic heterocycles. The molecule has 4 heteroatoms. The molecular weight excluding hydrogens is 351 g/mol. The highest BCUT2D eigenvalue weighted by Gasteiger charge is 2.19. The zero-order valence-corrected chi connectivity index (χ0v) is 16.4. The van der Waals surface area contributed by atoms with E-state index < -0.39 is 0 Å². The Bertz CT molecular complexity index is 869. The fourth-order valence-corrected chi connectivity index (χ4v) is 4.35. The maximum Gasteiger partial charge on any atom is 0.170 e. The Morgan fingerprint density at radius 2 is 1.82 bits per heavy atom. The van der Waals surface area contributed by atoms with Crippen LogP contribution in [0.5, 0.6) is 0 Å². The van der Waals surface area contributed by atoms with Crippen LogP contribution in [0.15, 0.2) is 53.1 Å². The molecule has 1 aromatic heterocycles. The topological polar surface area (TPSA) is 29.3 Å². The minimum atomic E-state index is -0.276. The molecule has 148 valence electrons. The van der Waals surface area contributed by atoms with Gasteiger partial charge in [-0.2, -0.15) is 0 Å². The Morgan fingerprint density at radius 1 is 1.00 bits per heavy atom. The summed E-state index contributed by atoms with van der Waals surface area (Å²) < 4.78 is 18.5. The average Bonchev–Trinajstić information content (AvgIpc) is 3.12. The number of aryl methyl sites for hydroxylation is 2. The van der Waals surface area contributed by atoms with Crippen LogP contribution in [-0.2, 0) is 12.8 Å². The number of fused-ring (bicyclic) bond motifs is 1. The highest BCUT2D eigenvalue weighted by atomic mass is 19.1. The molecular formula is C24H29FN2O. The van der Waals surface area contributed by atoms with Crippen molar-refractivity contribution in [2.75, 3.05) is 19.6 Å². The molecule has 2 heterocycles. The van der Waals surface area contributed by atoms with Gasteiger partial charge in [-0.3, -0.25) is 0 Å². The van der Waals surface area contributed by atoms with Gasteiger partial charge in [0.05, 0.1) is 5.69 Å². The Balaban J connectivity index is 1.14. The smallest absolute Gasteiger partial charge is 0.170 e. The number of rotatable bonds is 8. The van der Waals surface area contributed by atoms with Crippen molar-refractivity contribution in [3.63, 3.8) is 0 Å². The summed E-state index contributed by atoms with van der Waals surface area (Å²) in [5.41, 5.74) is 2.96. The Kier molecular flexibility index (Phi) is 6.38. The Hall–Kier alpha value is -2.20. The quantitative estimate of drug-likeness (QED) is 0.507. The molecule has 0 saturated carbocycles. The number of benzene rings is 2. The maximum absolute atomic E-state index is 13.2. The van der Waals surface area contributed by atoms with Gasteiger partial charge in [-0.15, -0.1) is 0 Å². The van der Waals surface area contributed by atoms with Crippen LogP contribution in [0.2, 0.25) is 0 Å². The van der Waals surface area contributed by atoms with Gasteiger partial charge in [0.1, 0.15) is 5.82 Å². The van der Waals surface area contributed by atoms with Crippen LogP contribution in [0.3, 0.4) is 0 Å². The number of hydrogen-bond donors (Lipinski definition) is 0. The van der Waals surface area contributed by atoms with Crippen molar-refractivity contribution in [1.29, 1.82) is 0 Å². The number of halogens is 1. The molecule has 28 heavy (non-hydrogen) atoms. The number of piperidine rings is 1. The standard InChI is InChI=1S/C24H29FN2O/c25-21-11-12-22-23(26-28-24(22)18-21)10-5-15-27-16-13-20(14-17-27)9-4-8-19-6-2-1-3-7-19/h1-3,6-7,11-12,18,20H,4-5,8-10,13-17H2. The Morgan fingerprint density at radius 3 is 2.64 bits per heavy atom. The Labute approximate surface area is 166 Å². The van der Waals surface area contributed by atoms with Crippen LogP contribution in [0, 0.1) is 11.7 Å². The van der Waals surface area contributed by atoms with Crippen molar-refractivity contribution < 1.29 is 8.91 Å². The van der Waals surface area contributed by atoms with E-state index in [1.165, 1.54) is 62.9 Å². The van der Waals surface area contributed by atoms with E-state index >= 15 is 0 Å². The predicted octanol–water partition coefficient (Wildman–Crippen LogP) is 5.63. The van der Waals surface area contributed by atoms with Gasteiger partial charge in [-0.05, 0) is 81.8 Å². The molecule has 0 spiro atoms. The minimum Gasteiger partial charge on any atom is -0.356 e. The van der Waals surface area contributed by atoms with Gasteiger partial charge in [-0.1, -0.05) is 41.9 Å². The summed E-state index contributed by atoms with van der Waals surface area (Å²) in [7, 11) is 0. The summed E-state index contributed by atoms with van der Waals surface area (Å²) in [5, 5.41) is 5.07. The largest absolute Gasteiger partial charge is 0.356 e. The molecule has 0 aliphatic carbocycles. The van der Waals surface area contributed by atoms with Crippen LogP contribution in [0.1, 0.15) is 43.4 Å². The molecule has 0 unspecified atom stereocenters. The molecule has 0 amide bonds. The summed E-state index contributed by atoms with van der Waals surface area (Å²) >= 11 is 0. The zero-order chi connectivity index (χ0) is 19.2. The van der Waals surface area contributed by atoms with Crippen molar-refractivity contribution in [1.82, 2.24) is 10.1 Å². The monoisotopic (exact) mass is 380 g/mol. The predicted molar refractivity (Wildman–Crippen MR) is 111 cm³/mol. The first-order valence-corrected chi connectivity index (χ1v) is 10.6. The van der Waals surface area contributed by atoms with Crippen molar-refractivity contribution in [3.05, 3.63) is 65.6 Å². The molecule has 1 fully saturated rings. The molecule has 0 radical (unpaired) electrons. The second kappa shape index (κ2) is 9.33. The van der Waals surface area contributed by atoms with Crippen LogP contribution in [0.25, 0.3) is 11.0 Å². The first kappa shape index (κ1) is 19.1. The normalized spacial score (nSPS) is 16.0. The third-order valence-electron chi connectivity index (χ3n) is 6.02.